The number of benzene rings is 1. The number of anilines is 1. The summed E-state index contributed by atoms with van der Waals surface area (Å²) in [5, 5.41) is 6.82. The van der Waals surface area contributed by atoms with Crippen molar-refractivity contribution in [2.75, 3.05) is 11.9 Å². The lowest BCUT2D eigenvalue weighted by molar-refractivity contribution is -0.116. The van der Waals surface area contributed by atoms with Crippen LogP contribution in [0, 0.1) is 0 Å². The molecule has 0 spiro atoms. The number of carbonyl (C=O) groups is 1. The molecule has 0 aliphatic carbocycles. The van der Waals surface area contributed by atoms with Crippen molar-refractivity contribution < 1.29 is 4.79 Å². The molecule has 0 saturated carbocycles. The Morgan fingerprint density at radius 1 is 1.44 bits per heavy atom. The van der Waals surface area contributed by atoms with Gasteiger partial charge >= 0.3 is 0 Å². The molecule has 3 nitrogen and oxygen atoms in total. The van der Waals surface area contributed by atoms with Gasteiger partial charge in [0.25, 0.3) is 0 Å². The molecule has 1 amide bonds. The zero-order valence-corrected chi connectivity index (χ0v) is 13.5. The zero-order chi connectivity index (χ0) is 13.1. The van der Waals surface area contributed by atoms with Crippen molar-refractivity contribution in [3.63, 3.8) is 0 Å². The smallest absolute Gasteiger partial charge is 0.225 e. The van der Waals surface area contributed by atoms with E-state index in [0.29, 0.717) is 17.5 Å². The van der Waals surface area contributed by atoms with Crippen LogP contribution in [0.2, 0.25) is 5.02 Å². The zero-order valence-electron chi connectivity index (χ0n) is 9.60. The third-order valence-corrected chi connectivity index (χ3v) is 4.33. The minimum atomic E-state index is 0.0122. The average Bonchev–Trinajstić information content (AvgIpc) is 2.76. The SMILES string of the molecule is O=C(CC1CCCN1)Nc1c(Br)cc(Cl)cc1Br. The lowest BCUT2D eigenvalue weighted by Crippen LogP contribution is -2.27. The summed E-state index contributed by atoms with van der Waals surface area (Å²) in [5.74, 6) is 0.0122. The molecule has 1 aromatic rings. The Morgan fingerprint density at radius 3 is 2.67 bits per heavy atom. The van der Waals surface area contributed by atoms with Gasteiger partial charge in [-0.3, -0.25) is 4.79 Å². The van der Waals surface area contributed by atoms with E-state index in [4.69, 9.17) is 11.6 Å². The van der Waals surface area contributed by atoms with Crippen LogP contribution in [0.3, 0.4) is 0 Å². The highest BCUT2D eigenvalue weighted by Crippen LogP contribution is 2.34. The summed E-state index contributed by atoms with van der Waals surface area (Å²) in [7, 11) is 0. The molecule has 6 heteroatoms. The summed E-state index contributed by atoms with van der Waals surface area (Å²) in [6, 6.07) is 3.82. The Labute approximate surface area is 128 Å². The van der Waals surface area contributed by atoms with Gasteiger partial charge in [-0.25, -0.2) is 0 Å². The van der Waals surface area contributed by atoms with Crippen LogP contribution < -0.4 is 10.6 Å². The molecule has 1 aliphatic heterocycles. The van der Waals surface area contributed by atoms with Crippen LogP contribution >= 0.6 is 43.5 Å². The predicted octanol–water partition coefficient (Wildman–Crippen LogP) is 3.95. The largest absolute Gasteiger partial charge is 0.324 e. The minimum Gasteiger partial charge on any atom is -0.324 e. The second kappa shape index (κ2) is 6.37. The molecule has 1 saturated heterocycles. The van der Waals surface area contributed by atoms with Gasteiger partial charge in [0.1, 0.15) is 0 Å². The van der Waals surface area contributed by atoms with Crippen LogP contribution in [0.5, 0.6) is 0 Å². The molecule has 98 valence electrons. The molecule has 2 N–H and O–H groups in total. The number of rotatable bonds is 3. The van der Waals surface area contributed by atoms with Crippen molar-refractivity contribution in [3.05, 3.63) is 26.1 Å². The molecule has 1 atom stereocenters. The Morgan fingerprint density at radius 2 is 2.11 bits per heavy atom. The van der Waals surface area contributed by atoms with Crippen molar-refractivity contribution in [3.8, 4) is 0 Å². The molecule has 1 aromatic carbocycles. The van der Waals surface area contributed by atoms with Gasteiger partial charge < -0.3 is 10.6 Å². The second-order valence-electron chi connectivity index (χ2n) is 4.29. The van der Waals surface area contributed by atoms with Gasteiger partial charge in [0, 0.05) is 26.4 Å². The second-order valence-corrected chi connectivity index (χ2v) is 6.44. The Bertz CT molecular complexity index is 438. The fourth-order valence-electron chi connectivity index (χ4n) is 2.01. The first-order chi connectivity index (χ1) is 8.56. The summed E-state index contributed by atoms with van der Waals surface area (Å²) in [5.41, 5.74) is 0.724. The van der Waals surface area contributed by atoms with Gasteiger partial charge in [-0.05, 0) is 63.4 Å². The number of nitrogens with one attached hydrogen (secondary N) is 2. The number of carbonyl (C=O) groups excluding carboxylic acids is 1. The molecule has 0 aromatic heterocycles. The maximum atomic E-state index is 11.9. The van der Waals surface area contributed by atoms with Crippen LogP contribution in [0.15, 0.2) is 21.1 Å². The van der Waals surface area contributed by atoms with Gasteiger partial charge in [-0.1, -0.05) is 11.6 Å². The molecule has 1 unspecified atom stereocenters. The molecule has 1 heterocycles. The molecule has 18 heavy (non-hydrogen) atoms. The van der Waals surface area contributed by atoms with Crippen LogP contribution in [0.4, 0.5) is 5.69 Å². The number of halogens is 3. The Kier molecular flexibility index (Phi) is 5.06. The van der Waals surface area contributed by atoms with E-state index < -0.39 is 0 Å². The van der Waals surface area contributed by atoms with Crippen molar-refractivity contribution in [1.29, 1.82) is 0 Å². The van der Waals surface area contributed by atoms with Crippen LogP contribution in [-0.2, 0) is 4.79 Å². The molecule has 2 rings (SSSR count). The minimum absolute atomic E-state index is 0.0122. The third kappa shape index (κ3) is 3.70. The molecule has 1 aliphatic rings. The van der Waals surface area contributed by atoms with Crippen molar-refractivity contribution >= 4 is 55.1 Å². The van der Waals surface area contributed by atoms with Gasteiger partial charge in [0.15, 0.2) is 0 Å². The number of amides is 1. The first-order valence-corrected chi connectivity index (χ1v) is 7.70. The van der Waals surface area contributed by atoms with Crippen molar-refractivity contribution in [2.45, 2.75) is 25.3 Å². The third-order valence-electron chi connectivity index (χ3n) is 2.87. The summed E-state index contributed by atoms with van der Waals surface area (Å²) < 4.78 is 1.55. The molecular formula is C12H13Br2ClN2O. The molecule has 1 fully saturated rings. The fourth-order valence-corrected chi connectivity index (χ4v) is 3.87. The number of hydrogen-bond donors (Lipinski definition) is 2. The predicted molar refractivity (Wildman–Crippen MR) is 81.1 cm³/mol. The topological polar surface area (TPSA) is 41.1 Å². The van der Waals surface area contributed by atoms with Gasteiger partial charge in [-0.2, -0.15) is 0 Å². The molecular weight excluding hydrogens is 383 g/mol. The van der Waals surface area contributed by atoms with E-state index in [9.17, 15) is 4.79 Å². The Balaban J connectivity index is 2.02. The number of hydrogen-bond acceptors (Lipinski definition) is 2. The summed E-state index contributed by atoms with van der Waals surface area (Å²) in [6.07, 6.45) is 2.71. The average molecular weight is 397 g/mol. The maximum Gasteiger partial charge on any atom is 0.225 e. The van der Waals surface area contributed by atoms with Crippen molar-refractivity contribution in [2.24, 2.45) is 0 Å². The van der Waals surface area contributed by atoms with Gasteiger partial charge in [0.2, 0.25) is 5.91 Å². The first-order valence-electron chi connectivity index (χ1n) is 5.74. The maximum absolute atomic E-state index is 11.9. The lowest BCUT2D eigenvalue weighted by atomic mass is 10.1. The standard InChI is InChI=1S/C12H13Br2ClN2O/c13-9-4-7(15)5-10(14)12(9)17-11(18)6-8-2-1-3-16-8/h4-5,8,16H,1-3,6H2,(H,17,18). The first kappa shape index (κ1) is 14.3. The van der Waals surface area contributed by atoms with E-state index in [1.165, 1.54) is 0 Å². The Hall–Kier alpha value is -0.100. The normalized spacial score (nSPS) is 18.9. The van der Waals surface area contributed by atoms with Crippen LogP contribution in [-0.4, -0.2) is 18.5 Å². The van der Waals surface area contributed by atoms with E-state index in [2.05, 4.69) is 42.5 Å². The van der Waals surface area contributed by atoms with Gasteiger partial charge in [-0.15, -0.1) is 0 Å². The van der Waals surface area contributed by atoms with E-state index >= 15 is 0 Å². The van der Waals surface area contributed by atoms with Crippen LogP contribution in [0.1, 0.15) is 19.3 Å². The lowest BCUT2D eigenvalue weighted by Gasteiger charge is -2.13. The molecule has 0 radical (unpaired) electrons. The highest BCUT2D eigenvalue weighted by Gasteiger charge is 2.18. The highest BCUT2D eigenvalue weighted by atomic mass is 79.9. The van der Waals surface area contributed by atoms with E-state index in [-0.39, 0.29) is 5.91 Å². The van der Waals surface area contributed by atoms with E-state index in [1.807, 2.05) is 0 Å². The highest BCUT2D eigenvalue weighted by molar-refractivity contribution is 9.11. The van der Waals surface area contributed by atoms with E-state index in [0.717, 1.165) is 34.0 Å². The van der Waals surface area contributed by atoms with E-state index in [1.54, 1.807) is 12.1 Å². The fraction of sp³-hybridized carbons (Fsp3) is 0.417. The monoisotopic (exact) mass is 394 g/mol. The van der Waals surface area contributed by atoms with Crippen molar-refractivity contribution in [1.82, 2.24) is 5.32 Å². The van der Waals surface area contributed by atoms with Gasteiger partial charge in [0.05, 0.1) is 5.69 Å². The quantitative estimate of drug-likeness (QED) is 0.812. The van der Waals surface area contributed by atoms with Crippen LogP contribution in [0.25, 0.3) is 0 Å². The summed E-state index contributed by atoms with van der Waals surface area (Å²) in [6.45, 7) is 1.01. The summed E-state index contributed by atoms with van der Waals surface area (Å²) >= 11 is 12.7. The molecule has 0 bridgehead atoms. The summed E-state index contributed by atoms with van der Waals surface area (Å²) in [4.78, 5) is 11.9.